The number of aliphatic carboxylic acids is 2. The average Bonchev–Trinajstić information content (AvgIpc) is 3.66. The lowest BCUT2D eigenvalue weighted by Crippen LogP contribution is -2.30. The third-order valence-corrected chi connectivity index (χ3v) is 19.2. The molecule has 1 atom stereocenters. The number of unbranched alkanes of at least 4 members (excludes halogenated alkanes) is 14. The predicted molar refractivity (Wildman–Crippen MR) is 177 cm³/mol. The van der Waals surface area contributed by atoms with E-state index in [0.717, 1.165) is 38.5 Å². The molecule has 1 amide bonds. The van der Waals surface area contributed by atoms with Gasteiger partial charge in [0.25, 0.3) is 0 Å². The topological polar surface area (TPSA) is 130 Å². The molecule has 5 N–H and O–H groups in total. The van der Waals surface area contributed by atoms with Crippen molar-refractivity contribution in [2.24, 2.45) is 5.73 Å². The van der Waals surface area contributed by atoms with Crippen LogP contribution in [0.1, 0.15) is 122 Å². The maximum atomic E-state index is 11.8. The van der Waals surface area contributed by atoms with E-state index in [1.165, 1.54) is 62.9 Å². The number of carbonyl (C=O) groups excluding carboxylic acids is 1. The Kier molecular flexibility index (Phi) is 24.0. The van der Waals surface area contributed by atoms with E-state index in [1.54, 1.807) is 0 Å². The molecule has 0 aromatic carbocycles. The van der Waals surface area contributed by atoms with Gasteiger partial charge in [-0.1, -0.05) is 120 Å². The molecule has 0 radical (unpaired) electrons. The molecular formula is C26H48N2O5S6. The average molecular weight is 661 g/mol. The summed E-state index contributed by atoms with van der Waals surface area (Å²) in [4.78, 5) is 32.8. The lowest BCUT2D eigenvalue weighted by atomic mass is 10.0. The minimum Gasteiger partial charge on any atom is -0.481 e. The highest BCUT2D eigenvalue weighted by Crippen LogP contribution is 2.83. The van der Waals surface area contributed by atoms with E-state index >= 15 is 0 Å². The monoisotopic (exact) mass is 660 g/mol. The van der Waals surface area contributed by atoms with Gasteiger partial charge in [0.15, 0.2) is 2.74 Å². The van der Waals surface area contributed by atoms with Crippen LogP contribution >= 0.6 is 64.8 Å². The number of hydrogen-bond acceptors (Lipinski definition) is 10. The summed E-state index contributed by atoms with van der Waals surface area (Å²) in [6, 6.07) is -0.802. The van der Waals surface area contributed by atoms with Crippen molar-refractivity contribution < 1.29 is 24.6 Å². The Morgan fingerprint density at radius 2 is 1.13 bits per heavy atom. The molecule has 228 valence electrons. The molecule has 0 aliphatic carbocycles. The Balaban J connectivity index is 0.000000788. The second-order valence-corrected chi connectivity index (χ2v) is 19.3. The van der Waals surface area contributed by atoms with E-state index in [4.69, 9.17) is 15.9 Å². The van der Waals surface area contributed by atoms with Crippen LogP contribution in [0.3, 0.4) is 0 Å². The smallest absolute Gasteiger partial charge is 0.320 e. The maximum Gasteiger partial charge on any atom is 0.320 e. The van der Waals surface area contributed by atoms with Crippen LogP contribution in [0.2, 0.25) is 0 Å². The van der Waals surface area contributed by atoms with E-state index in [1.807, 2.05) is 64.8 Å². The van der Waals surface area contributed by atoms with Crippen LogP contribution in [-0.4, -0.2) is 48.5 Å². The van der Waals surface area contributed by atoms with Gasteiger partial charge in [0.1, 0.15) is 6.04 Å². The largest absolute Gasteiger partial charge is 0.481 e. The minimum atomic E-state index is -0.970. The van der Waals surface area contributed by atoms with Crippen LogP contribution in [0, 0.1) is 0 Å². The van der Waals surface area contributed by atoms with Crippen molar-refractivity contribution >= 4 is 82.6 Å². The molecule has 13 heteroatoms. The predicted octanol–water partition coefficient (Wildman–Crippen LogP) is 8.74. The SMILES string of the molecule is C1SSC2(SS1)SS2.N[C@@H](CCCCNC(=O)CCCCCCCCCCCCCCCCC(=O)O)C(=O)O. The van der Waals surface area contributed by atoms with Gasteiger partial charge in [-0.25, -0.2) is 0 Å². The Labute approximate surface area is 259 Å². The van der Waals surface area contributed by atoms with Crippen molar-refractivity contribution in [3.63, 3.8) is 0 Å². The molecule has 0 aromatic rings. The van der Waals surface area contributed by atoms with Crippen molar-refractivity contribution in [3.8, 4) is 0 Å². The Hall–Kier alpha value is 0.470. The van der Waals surface area contributed by atoms with E-state index in [9.17, 15) is 14.4 Å². The first-order chi connectivity index (χ1) is 18.8. The maximum absolute atomic E-state index is 11.8. The second kappa shape index (κ2) is 25.0. The van der Waals surface area contributed by atoms with Gasteiger partial charge in [-0.3, -0.25) is 14.4 Å². The van der Waals surface area contributed by atoms with Crippen molar-refractivity contribution in [1.29, 1.82) is 0 Å². The third-order valence-electron chi connectivity index (χ3n) is 6.26. The first kappa shape index (κ1) is 37.5. The zero-order valence-corrected chi connectivity index (χ0v) is 28.0. The molecule has 7 nitrogen and oxygen atoms in total. The molecule has 0 saturated carbocycles. The Morgan fingerprint density at radius 1 is 0.667 bits per heavy atom. The summed E-state index contributed by atoms with van der Waals surface area (Å²) in [6.45, 7) is 0.593. The number of nitrogens with two attached hydrogens (primary N) is 1. The van der Waals surface area contributed by atoms with Crippen LogP contribution in [-0.2, 0) is 14.4 Å². The standard InChI is InChI=1S/C24H46N2O5.C2H2S6/c25-21(24(30)31)17-15-16-20-26-22(27)18-13-11-9-7-5-3-1-2-4-6-8-10-12-14-19-23(28)29;1-3-5-2(6-4-1)7-8-2/h21H,1-20,25H2,(H,26,27)(H,28,29)(H,30,31);1H2/t21-;/m0./s1. The van der Waals surface area contributed by atoms with E-state index in [-0.39, 0.29) is 5.91 Å². The molecule has 2 heterocycles. The second-order valence-electron chi connectivity index (χ2n) is 9.82. The summed E-state index contributed by atoms with van der Waals surface area (Å²) >= 11 is 0. The quantitative estimate of drug-likeness (QED) is 0.0475. The highest BCUT2D eigenvalue weighted by atomic mass is 33.2. The number of hydrogen-bond donors (Lipinski definition) is 4. The van der Waals surface area contributed by atoms with Crippen LogP contribution < -0.4 is 11.1 Å². The summed E-state index contributed by atoms with van der Waals surface area (Å²) in [5, 5.41) is 21.4. The number of nitrogens with one attached hydrogen (secondary N) is 1. The van der Waals surface area contributed by atoms with E-state index in [0.29, 0.717) is 35.0 Å². The number of amides is 1. The van der Waals surface area contributed by atoms with Gasteiger partial charge in [-0.2, -0.15) is 0 Å². The number of carboxylic acids is 2. The van der Waals surface area contributed by atoms with Crippen LogP contribution in [0.5, 0.6) is 0 Å². The summed E-state index contributed by atoms with van der Waals surface area (Å²) in [5.74, 6) is -1.57. The van der Waals surface area contributed by atoms with Crippen LogP contribution in [0.15, 0.2) is 0 Å². The molecule has 0 bridgehead atoms. The molecule has 0 aromatic heterocycles. The molecule has 1 spiro atoms. The normalized spacial score (nSPS) is 16.2. The fourth-order valence-electron chi connectivity index (χ4n) is 3.93. The lowest BCUT2D eigenvalue weighted by molar-refractivity contribution is -0.139. The van der Waals surface area contributed by atoms with Crippen molar-refractivity contribution in [2.75, 3.05) is 11.6 Å². The molecule has 2 rings (SSSR count). The van der Waals surface area contributed by atoms with Crippen molar-refractivity contribution in [1.82, 2.24) is 5.32 Å². The van der Waals surface area contributed by atoms with Gasteiger partial charge in [-0.15, -0.1) is 0 Å². The van der Waals surface area contributed by atoms with Crippen molar-refractivity contribution in [2.45, 2.75) is 131 Å². The Bertz CT molecular complexity index is 665. The van der Waals surface area contributed by atoms with Crippen LogP contribution in [0.25, 0.3) is 0 Å². The van der Waals surface area contributed by atoms with E-state index in [2.05, 4.69) is 5.32 Å². The number of carboxylic acid groups (broad SMARTS) is 2. The fraction of sp³-hybridized carbons (Fsp3) is 0.885. The van der Waals surface area contributed by atoms with Crippen molar-refractivity contribution in [3.05, 3.63) is 0 Å². The van der Waals surface area contributed by atoms with Gasteiger partial charge in [0.2, 0.25) is 5.91 Å². The zero-order valence-electron chi connectivity index (χ0n) is 23.1. The molecule has 2 saturated heterocycles. The van der Waals surface area contributed by atoms with Gasteiger partial charge in [-0.05, 0) is 53.7 Å². The molecule has 39 heavy (non-hydrogen) atoms. The zero-order chi connectivity index (χ0) is 28.6. The lowest BCUT2D eigenvalue weighted by Gasteiger charge is -2.13. The molecular weight excluding hydrogens is 613 g/mol. The van der Waals surface area contributed by atoms with E-state index < -0.39 is 18.0 Å². The summed E-state index contributed by atoms with van der Waals surface area (Å²) in [5.41, 5.74) is 5.44. The molecule has 2 fully saturated rings. The summed E-state index contributed by atoms with van der Waals surface area (Å²) in [7, 11) is 12.0. The molecule has 0 unspecified atom stereocenters. The first-order valence-electron chi connectivity index (χ1n) is 14.3. The highest BCUT2D eigenvalue weighted by molar-refractivity contribution is 9.14. The number of carbonyl (C=O) groups is 3. The van der Waals surface area contributed by atoms with Crippen LogP contribution in [0.4, 0.5) is 0 Å². The fourth-order valence-corrected chi connectivity index (χ4v) is 16.9. The first-order valence-corrected chi connectivity index (χ1v) is 21.1. The molecule has 2 aliphatic rings. The van der Waals surface area contributed by atoms with Gasteiger partial charge < -0.3 is 21.3 Å². The summed E-state index contributed by atoms with van der Waals surface area (Å²) in [6.07, 6.45) is 19.3. The Morgan fingerprint density at radius 3 is 1.54 bits per heavy atom. The number of rotatable bonds is 23. The summed E-state index contributed by atoms with van der Waals surface area (Å²) < 4.78 is 0.521. The molecule has 2 aliphatic heterocycles. The van der Waals surface area contributed by atoms with Gasteiger partial charge in [0.05, 0.1) is 5.08 Å². The van der Waals surface area contributed by atoms with Gasteiger partial charge in [0, 0.05) is 19.4 Å². The van der Waals surface area contributed by atoms with Gasteiger partial charge >= 0.3 is 11.9 Å². The minimum absolute atomic E-state index is 0.0874. The highest BCUT2D eigenvalue weighted by Gasteiger charge is 2.50. The third kappa shape index (κ3) is 23.7.